The van der Waals surface area contributed by atoms with Gasteiger partial charge in [-0.15, -0.1) is 0 Å². The van der Waals surface area contributed by atoms with Gasteiger partial charge in [-0.2, -0.15) is 5.10 Å². The third kappa shape index (κ3) is 3.48. The lowest BCUT2D eigenvalue weighted by atomic mass is 9.95. The lowest BCUT2D eigenvalue weighted by Gasteiger charge is -2.25. The molecule has 1 aliphatic rings. The minimum atomic E-state index is -0.113. The first-order valence-corrected chi connectivity index (χ1v) is 8.50. The van der Waals surface area contributed by atoms with Gasteiger partial charge in [-0.05, 0) is 49.5 Å². The smallest absolute Gasteiger partial charge is 0.271 e. The van der Waals surface area contributed by atoms with E-state index in [1.165, 1.54) is 5.56 Å². The molecule has 3 rings (SSSR count). The molecule has 0 radical (unpaired) electrons. The number of carbonyl (C=O) groups excluding carboxylic acids is 1. The number of amides is 1. The third-order valence-corrected chi connectivity index (χ3v) is 4.78. The van der Waals surface area contributed by atoms with Crippen LogP contribution in [0.3, 0.4) is 0 Å². The number of nitrogens with zero attached hydrogens (tertiary/aromatic N) is 3. The Labute approximate surface area is 142 Å². The van der Waals surface area contributed by atoms with E-state index < -0.39 is 0 Å². The molecule has 0 spiro atoms. The number of pyridine rings is 1. The van der Waals surface area contributed by atoms with E-state index in [0.29, 0.717) is 30.1 Å². The van der Waals surface area contributed by atoms with Crippen molar-refractivity contribution in [2.45, 2.75) is 32.2 Å². The van der Waals surface area contributed by atoms with Crippen molar-refractivity contribution in [2.75, 3.05) is 20.1 Å². The molecule has 0 aromatic carbocycles. The molecule has 128 valence electrons. The molecular formula is C18H25N5O. The van der Waals surface area contributed by atoms with Crippen molar-refractivity contribution in [2.24, 2.45) is 5.92 Å². The van der Waals surface area contributed by atoms with Gasteiger partial charge in [0.15, 0.2) is 0 Å². The van der Waals surface area contributed by atoms with E-state index in [9.17, 15) is 4.79 Å². The van der Waals surface area contributed by atoms with E-state index in [-0.39, 0.29) is 5.91 Å². The van der Waals surface area contributed by atoms with E-state index in [2.05, 4.69) is 52.4 Å². The predicted octanol–water partition coefficient (Wildman–Crippen LogP) is 2.35. The summed E-state index contributed by atoms with van der Waals surface area (Å²) in [7, 11) is 2.13. The second kappa shape index (κ2) is 7.13. The minimum absolute atomic E-state index is 0.113. The molecule has 6 heteroatoms. The Morgan fingerprint density at radius 1 is 1.50 bits per heavy atom. The van der Waals surface area contributed by atoms with E-state index in [1.54, 1.807) is 6.20 Å². The maximum absolute atomic E-state index is 12.3. The summed E-state index contributed by atoms with van der Waals surface area (Å²) in [5, 5.41) is 10.1. The number of carbonyl (C=O) groups is 1. The zero-order valence-electron chi connectivity index (χ0n) is 14.5. The lowest BCUT2D eigenvalue weighted by Crippen LogP contribution is -2.32. The zero-order chi connectivity index (χ0) is 17.1. The van der Waals surface area contributed by atoms with Crippen molar-refractivity contribution in [1.82, 2.24) is 25.4 Å². The second-order valence-electron chi connectivity index (χ2n) is 6.83. The Hall–Kier alpha value is -2.21. The first-order chi connectivity index (χ1) is 11.6. The molecule has 2 aromatic heterocycles. The molecule has 2 atom stereocenters. The molecule has 0 saturated carbocycles. The predicted molar refractivity (Wildman–Crippen MR) is 92.7 cm³/mol. The summed E-state index contributed by atoms with van der Waals surface area (Å²) in [6.45, 7) is 5.82. The summed E-state index contributed by atoms with van der Waals surface area (Å²) in [6.07, 6.45) is 4.77. The van der Waals surface area contributed by atoms with Gasteiger partial charge < -0.3 is 5.32 Å². The standard InChI is InChI=1S/C18H25N5O/c1-12(2)15-9-16(22-21-15)18(24)20-11-14-6-8-23(3)17(14)13-5-4-7-19-10-13/h4-5,7,9-10,12,14,17H,6,8,11H2,1-3H3,(H,20,24)(H,21,22)/t14-,17-/m0/s1. The molecule has 6 nitrogen and oxygen atoms in total. The molecule has 24 heavy (non-hydrogen) atoms. The molecule has 1 amide bonds. The molecule has 0 unspecified atom stereocenters. The highest BCUT2D eigenvalue weighted by Gasteiger charge is 2.33. The Kier molecular flexibility index (Phi) is 4.94. The van der Waals surface area contributed by atoms with Gasteiger partial charge in [0.25, 0.3) is 5.91 Å². The summed E-state index contributed by atoms with van der Waals surface area (Å²) in [6, 6.07) is 6.20. The fourth-order valence-corrected chi connectivity index (χ4v) is 3.38. The largest absolute Gasteiger partial charge is 0.350 e. The van der Waals surface area contributed by atoms with Gasteiger partial charge in [-0.1, -0.05) is 19.9 Å². The normalized spacial score (nSPS) is 21.3. The van der Waals surface area contributed by atoms with E-state index >= 15 is 0 Å². The van der Waals surface area contributed by atoms with Crippen LogP contribution in [-0.2, 0) is 0 Å². The molecule has 3 heterocycles. The highest BCUT2D eigenvalue weighted by molar-refractivity contribution is 5.92. The highest BCUT2D eigenvalue weighted by Crippen LogP contribution is 2.35. The van der Waals surface area contributed by atoms with Gasteiger partial charge in [0.1, 0.15) is 5.69 Å². The SMILES string of the molecule is CC(C)c1cc(C(=O)NC[C@@H]2CCN(C)[C@H]2c2cccnc2)n[nH]1. The molecule has 2 aromatic rings. The lowest BCUT2D eigenvalue weighted by molar-refractivity contribution is 0.0938. The molecular weight excluding hydrogens is 302 g/mol. The third-order valence-electron chi connectivity index (χ3n) is 4.78. The Bertz CT molecular complexity index is 682. The number of aromatic nitrogens is 3. The van der Waals surface area contributed by atoms with Gasteiger partial charge in [0.05, 0.1) is 0 Å². The second-order valence-corrected chi connectivity index (χ2v) is 6.83. The summed E-state index contributed by atoms with van der Waals surface area (Å²) >= 11 is 0. The van der Waals surface area contributed by atoms with Crippen LogP contribution in [0.15, 0.2) is 30.6 Å². The number of likely N-dealkylation sites (tertiary alicyclic amines) is 1. The number of hydrogen-bond donors (Lipinski definition) is 2. The topological polar surface area (TPSA) is 73.9 Å². The molecule has 1 aliphatic heterocycles. The Morgan fingerprint density at radius 3 is 3.00 bits per heavy atom. The van der Waals surface area contributed by atoms with Crippen LogP contribution in [0.2, 0.25) is 0 Å². The number of aromatic amines is 1. The van der Waals surface area contributed by atoms with Crippen molar-refractivity contribution in [3.63, 3.8) is 0 Å². The number of hydrogen-bond acceptors (Lipinski definition) is 4. The van der Waals surface area contributed by atoms with Crippen molar-refractivity contribution in [3.8, 4) is 0 Å². The van der Waals surface area contributed by atoms with E-state index in [1.807, 2.05) is 18.3 Å². The summed E-state index contributed by atoms with van der Waals surface area (Å²) < 4.78 is 0. The number of rotatable bonds is 5. The van der Waals surface area contributed by atoms with Gasteiger partial charge in [-0.3, -0.25) is 19.8 Å². The summed E-state index contributed by atoms with van der Waals surface area (Å²) in [4.78, 5) is 18.9. The Balaban J connectivity index is 1.63. The van der Waals surface area contributed by atoms with Crippen molar-refractivity contribution >= 4 is 5.91 Å². The monoisotopic (exact) mass is 327 g/mol. The van der Waals surface area contributed by atoms with Gasteiger partial charge >= 0.3 is 0 Å². The van der Waals surface area contributed by atoms with Crippen LogP contribution in [0.1, 0.15) is 54.0 Å². The minimum Gasteiger partial charge on any atom is -0.350 e. The van der Waals surface area contributed by atoms with E-state index in [4.69, 9.17) is 0 Å². The first kappa shape index (κ1) is 16.6. The quantitative estimate of drug-likeness (QED) is 0.884. The maximum atomic E-state index is 12.3. The fraction of sp³-hybridized carbons (Fsp3) is 0.500. The van der Waals surface area contributed by atoms with Crippen LogP contribution in [-0.4, -0.2) is 46.1 Å². The summed E-state index contributed by atoms with van der Waals surface area (Å²) in [5.74, 6) is 0.599. The van der Waals surface area contributed by atoms with Crippen molar-refractivity contribution < 1.29 is 4.79 Å². The molecule has 0 bridgehead atoms. The van der Waals surface area contributed by atoms with Gasteiger partial charge in [0.2, 0.25) is 0 Å². The van der Waals surface area contributed by atoms with Crippen molar-refractivity contribution in [1.29, 1.82) is 0 Å². The average molecular weight is 327 g/mol. The van der Waals surface area contributed by atoms with Crippen LogP contribution in [0.25, 0.3) is 0 Å². The Morgan fingerprint density at radius 2 is 2.33 bits per heavy atom. The van der Waals surface area contributed by atoms with Crippen LogP contribution in [0.4, 0.5) is 0 Å². The summed E-state index contributed by atoms with van der Waals surface area (Å²) in [5.41, 5.74) is 2.65. The zero-order valence-corrected chi connectivity index (χ0v) is 14.5. The van der Waals surface area contributed by atoms with Crippen LogP contribution >= 0.6 is 0 Å². The first-order valence-electron chi connectivity index (χ1n) is 8.50. The van der Waals surface area contributed by atoms with Crippen LogP contribution in [0.5, 0.6) is 0 Å². The van der Waals surface area contributed by atoms with Crippen LogP contribution < -0.4 is 5.32 Å². The highest BCUT2D eigenvalue weighted by atomic mass is 16.1. The van der Waals surface area contributed by atoms with Gasteiger partial charge in [-0.25, -0.2) is 0 Å². The molecule has 1 fully saturated rings. The number of H-pyrrole nitrogens is 1. The molecule has 0 aliphatic carbocycles. The maximum Gasteiger partial charge on any atom is 0.271 e. The van der Waals surface area contributed by atoms with E-state index in [0.717, 1.165) is 18.7 Å². The number of nitrogens with one attached hydrogen (secondary N) is 2. The molecule has 2 N–H and O–H groups in total. The fourth-order valence-electron chi connectivity index (χ4n) is 3.38. The average Bonchev–Trinajstić information content (AvgIpc) is 3.20. The van der Waals surface area contributed by atoms with Crippen LogP contribution in [0, 0.1) is 5.92 Å². The van der Waals surface area contributed by atoms with Crippen molar-refractivity contribution in [3.05, 3.63) is 47.5 Å². The molecule has 1 saturated heterocycles. The van der Waals surface area contributed by atoms with Gasteiger partial charge in [0, 0.05) is 30.7 Å².